The lowest BCUT2D eigenvalue weighted by molar-refractivity contribution is -0.135. The van der Waals surface area contributed by atoms with E-state index in [0.29, 0.717) is 5.92 Å². The summed E-state index contributed by atoms with van der Waals surface area (Å²) in [5.74, 6) is 1.46. The molecule has 1 saturated heterocycles. The van der Waals surface area contributed by atoms with Gasteiger partial charge in [-0.1, -0.05) is 18.2 Å². The van der Waals surface area contributed by atoms with E-state index >= 15 is 0 Å². The third-order valence-corrected chi connectivity index (χ3v) is 6.47. The summed E-state index contributed by atoms with van der Waals surface area (Å²) in [6.07, 6.45) is 5.49. The first-order valence-corrected chi connectivity index (χ1v) is 10.4. The van der Waals surface area contributed by atoms with Crippen LogP contribution in [0.15, 0.2) is 54.7 Å². The topological polar surface area (TPSA) is 55.3 Å². The smallest absolute Gasteiger partial charge is 0.233 e. The van der Waals surface area contributed by atoms with Crippen LogP contribution in [0.2, 0.25) is 0 Å². The number of aromatic nitrogens is 2. The molecule has 0 N–H and O–H groups in total. The van der Waals surface area contributed by atoms with Crippen molar-refractivity contribution >= 4 is 16.9 Å². The van der Waals surface area contributed by atoms with Crippen LogP contribution >= 0.6 is 0 Å². The number of fused-ring (bicyclic) bond motifs is 1. The van der Waals surface area contributed by atoms with Crippen LogP contribution in [0.5, 0.6) is 5.75 Å². The van der Waals surface area contributed by atoms with E-state index in [0.717, 1.165) is 66.8 Å². The second-order valence-electron chi connectivity index (χ2n) is 8.14. The number of pyridine rings is 2. The molecule has 1 saturated carbocycles. The number of piperidine rings is 1. The molecular formula is C24H25N3O2. The zero-order chi connectivity index (χ0) is 19.8. The summed E-state index contributed by atoms with van der Waals surface area (Å²) in [5.41, 5.74) is 2.55. The van der Waals surface area contributed by atoms with Gasteiger partial charge in [0.15, 0.2) is 5.65 Å². The molecule has 0 spiro atoms. The molecule has 1 amide bonds. The first-order valence-electron chi connectivity index (χ1n) is 10.4. The van der Waals surface area contributed by atoms with E-state index in [9.17, 15) is 4.79 Å². The summed E-state index contributed by atoms with van der Waals surface area (Å²) in [6, 6.07) is 16.1. The highest BCUT2D eigenvalue weighted by Crippen LogP contribution is 2.52. The lowest BCUT2D eigenvalue weighted by Crippen LogP contribution is -2.43. The summed E-state index contributed by atoms with van der Waals surface area (Å²) >= 11 is 0. The van der Waals surface area contributed by atoms with Crippen LogP contribution in [0.4, 0.5) is 0 Å². The van der Waals surface area contributed by atoms with Crippen LogP contribution in [0.3, 0.4) is 0 Å². The summed E-state index contributed by atoms with van der Waals surface area (Å²) in [5, 5.41) is 1.07. The number of amides is 1. The first-order chi connectivity index (χ1) is 14.2. The van der Waals surface area contributed by atoms with Crippen molar-refractivity contribution in [3.63, 3.8) is 0 Å². The van der Waals surface area contributed by atoms with Gasteiger partial charge in [0, 0.05) is 41.8 Å². The van der Waals surface area contributed by atoms with Crippen molar-refractivity contribution in [1.29, 1.82) is 0 Å². The lowest BCUT2D eigenvalue weighted by Gasteiger charge is -2.34. The number of hydrogen-bond donors (Lipinski definition) is 0. The molecule has 0 bridgehead atoms. The Morgan fingerprint density at radius 1 is 1.07 bits per heavy atom. The second-order valence-corrected chi connectivity index (χ2v) is 8.14. The summed E-state index contributed by atoms with van der Waals surface area (Å²) in [4.78, 5) is 24.6. The molecule has 0 atom stereocenters. The van der Waals surface area contributed by atoms with Crippen LogP contribution in [0.25, 0.3) is 11.0 Å². The Morgan fingerprint density at radius 3 is 2.62 bits per heavy atom. The van der Waals surface area contributed by atoms with Crippen LogP contribution < -0.4 is 4.74 Å². The average Bonchev–Trinajstić information content (AvgIpc) is 3.60. The number of hydrogen-bond acceptors (Lipinski definition) is 4. The number of methoxy groups -OCH3 is 1. The van der Waals surface area contributed by atoms with Crippen molar-refractivity contribution in [1.82, 2.24) is 14.9 Å². The number of likely N-dealkylation sites (tertiary alicyclic amines) is 1. The third kappa shape index (κ3) is 3.15. The average molecular weight is 387 g/mol. The molecule has 29 heavy (non-hydrogen) atoms. The highest BCUT2D eigenvalue weighted by atomic mass is 16.5. The van der Waals surface area contributed by atoms with Gasteiger partial charge in [0.1, 0.15) is 5.75 Å². The van der Waals surface area contributed by atoms with Gasteiger partial charge >= 0.3 is 0 Å². The predicted molar refractivity (Wildman–Crippen MR) is 112 cm³/mol. The number of rotatable bonds is 4. The maximum absolute atomic E-state index is 13.4. The zero-order valence-corrected chi connectivity index (χ0v) is 16.7. The Kier molecular flexibility index (Phi) is 4.46. The fraction of sp³-hybridized carbons (Fsp3) is 0.375. The molecule has 2 fully saturated rings. The fourth-order valence-corrected chi connectivity index (χ4v) is 4.64. The van der Waals surface area contributed by atoms with Gasteiger partial charge in [-0.25, -0.2) is 9.97 Å². The molecule has 0 radical (unpaired) electrons. The highest BCUT2D eigenvalue weighted by molar-refractivity contribution is 5.92. The molecule has 148 valence electrons. The lowest BCUT2D eigenvalue weighted by atomic mass is 9.89. The normalized spacial score (nSPS) is 18.6. The molecule has 3 aromatic rings. The van der Waals surface area contributed by atoms with Gasteiger partial charge in [-0.05, 0) is 56.0 Å². The van der Waals surface area contributed by atoms with E-state index < -0.39 is 0 Å². The Bertz CT molecular complexity index is 1050. The predicted octanol–water partition coefficient (Wildman–Crippen LogP) is 4.08. The van der Waals surface area contributed by atoms with Crippen molar-refractivity contribution in [2.45, 2.75) is 37.0 Å². The van der Waals surface area contributed by atoms with E-state index in [2.05, 4.69) is 22.0 Å². The largest absolute Gasteiger partial charge is 0.496 e. The standard InChI is InChI=1S/C24H25N3O2/c1-29-21-7-3-2-6-19(21)24(12-13-24)23(28)27-15-10-17(11-16-27)20-9-8-18-5-4-14-25-22(18)26-20/h2-9,14,17H,10-13,15-16H2,1H3. The quantitative estimate of drug-likeness (QED) is 0.677. The molecule has 3 heterocycles. The van der Waals surface area contributed by atoms with Gasteiger partial charge < -0.3 is 9.64 Å². The fourth-order valence-electron chi connectivity index (χ4n) is 4.64. The van der Waals surface area contributed by atoms with Gasteiger partial charge in [0.25, 0.3) is 0 Å². The van der Waals surface area contributed by atoms with Crippen LogP contribution in [0, 0.1) is 0 Å². The minimum Gasteiger partial charge on any atom is -0.496 e. The van der Waals surface area contributed by atoms with E-state index in [4.69, 9.17) is 9.72 Å². The summed E-state index contributed by atoms with van der Waals surface area (Å²) in [7, 11) is 1.68. The van der Waals surface area contributed by atoms with Crippen LogP contribution in [-0.4, -0.2) is 41.0 Å². The minimum absolute atomic E-state index is 0.258. The van der Waals surface area contributed by atoms with Crippen LogP contribution in [0.1, 0.15) is 42.9 Å². The number of nitrogens with zero attached hydrogens (tertiary/aromatic N) is 3. The van der Waals surface area contributed by atoms with Crippen molar-refractivity contribution in [2.24, 2.45) is 0 Å². The van der Waals surface area contributed by atoms with Gasteiger partial charge in [0.2, 0.25) is 5.91 Å². The van der Waals surface area contributed by atoms with Crippen molar-refractivity contribution in [3.05, 3.63) is 66.0 Å². The third-order valence-electron chi connectivity index (χ3n) is 6.47. The molecule has 5 rings (SSSR count). The molecule has 1 aromatic carbocycles. The number of carbonyl (C=O) groups excluding carboxylic acids is 1. The monoisotopic (exact) mass is 387 g/mol. The Hall–Kier alpha value is -2.95. The second kappa shape index (κ2) is 7.14. The van der Waals surface area contributed by atoms with Gasteiger partial charge in [-0.15, -0.1) is 0 Å². The molecule has 5 heteroatoms. The molecule has 1 aliphatic heterocycles. The minimum atomic E-state index is -0.384. The van der Waals surface area contributed by atoms with Gasteiger partial charge in [-0.3, -0.25) is 4.79 Å². The molecule has 1 aliphatic carbocycles. The van der Waals surface area contributed by atoms with E-state index in [1.165, 1.54) is 0 Å². The van der Waals surface area contributed by atoms with E-state index in [1.807, 2.05) is 36.4 Å². The van der Waals surface area contributed by atoms with Gasteiger partial charge in [0.05, 0.1) is 12.5 Å². The van der Waals surface area contributed by atoms with Crippen LogP contribution in [-0.2, 0) is 10.2 Å². The SMILES string of the molecule is COc1ccccc1C1(C(=O)N2CCC(c3ccc4cccnc4n3)CC2)CC1. The molecular weight excluding hydrogens is 362 g/mol. The van der Waals surface area contributed by atoms with Crippen molar-refractivity contribution in [2.75, 3.05) is 20.2 Å². The van der Waals surface area contributed by atoms with E-state index in [1.54, 1.807) is 13.3 Å². The van der Waals surface area contributed by atoms with Crippen molar-refractivity contribution < 1.29 is 9.53 Å². The molecule has 2 aliphatic rings. The number of para-hydroxylation sites is 1. The molecule has 5 nitrogen and oxygen atoms in total. The number of ether oxygens (including phenoxy) is 1. The Morgan fingerprint density at radius 2 is 1.86 bits per heavy atom. The summed E-state index contributed by atoms with van der Waals surface area (Å²) in [6.45, 7) is 1.56. The maximum atomic E-state index is 13.4. The Labute approximate surface area is 170 Å². The van der Waals surface area contributed by atoms with E-state index in [-0.39, 0.29) is 11.3 Å². The number of benzene rings is 1. The highest BCUT2D eigenvalue weighted by Gasteiger charge is 2.54. The maximum Gasteiger partial charge on any atom is 0.233 e. The molecule has 0 unspecified atom stereocenters. The first kappa shape index (κ1) is 18.1. The summed E-state index contributed by atoms with van der Waals surface area (Å²) < 4.78 is 5.53. The van der Waals surface area contributed by atoms with Gasteiger partial charge in [-0.2, -0.15) is 0 Å². The molecule has 2 aromatic heterocycles. The van der Waals surface area contributed by atoms with Crippen molar-refractivity contribution in [3.8, 4) is 5.75 Å². The number of carbonyl (C=O) groups is 1. The zero-order valence-electron chi connectivity index (χ0n) is 16.7. The Balaban J connectivity index is 1.30.